The van der Waals surface area contributed by atoms with Crippen LogP contribution in [0.15, 0.2) is 24.3 Å². The van der Waals surface area contributed by atoms with Crippen molar-refractivity contribution in [3.8, 4) is 0 Å². The number of rotatable bonds is 7. The Labute approximate surface area is 148 Å². The average molecular weight is 345 g/mol. The maximum absolute atomic E-state index is 11.9. The van der Waals surface area contributed by atoms with Crippen molar-refractivity contribution in [1.29, 1.82) is 0 Å². The Balaban J connectivity index is 1.60. The van der Waals surface area contributed by atoms with Gasteiger partial charge in [-0.3, -0.25) is 9.59 Å². The summed E-state index contributed by atoms with van der Waals surface area (Å²) in [4.78, 5) is 34.9. The lowest BCUT2D eigenvalue weighted by molar-refractivity contribution is -0.116. The Hall–Kier alpha value is -2.37. The zero-order chi connectivity index (χ0) is 18.1. The fourth-order valence-electron chi connectivity index (χ4n) is 2.95. The zero-order valence-corrected chi connectivity index (χ0v) is 14.8. The molecule has 0 saturated heterocycles. The van der Waals surface area contributed by atoms with Crippen LogP contribution in [0.1, 0.15) is 62.2 Å². The first-order chi connectivity index (χ1) is 12.0. The summed E-state index contributed by atoms with van der Waals surface area (Å²) in [5.74, 6) is -0.111. The molecule has 1 aliphatic carbocycles. The van der Waals surface area contributed by atoms with Crippen molar-refractivity contribution in [1.82, 2.24) is 10.6 Å². The van der Waals surface area contributed by atoms with Crippen LogP contribution in [0.2, 0.25) is 0 Å². The number of anilines is 1. The molecule has 3 N–H and O–H groups in total. The molecule has 1 fully saturated rings. The summed E-state index contributed by atoms with van der Waals surface area (Å²) in [5.41, 5.74) is 1.28. The molecule has 0 radical (unpaired) electrons. The second-order valence-electron chi connectivity index (χ2n) is 6.52. The second-order valence-corrected chi connectivity index (χ2v) is 6.52. The van der Waals surface area contributed by atoms with E-state index in [1.165, 1.54) is 26.2 Å². The monoisotopic (exact) mass is 345 g/mol. The summed E-state index contributed by atoms with van der Waals surface area (Å²) in [6.45, 7) is 1.97. The molecule has 3 amide bonds. The molecule has 1 aromatic carbocycles. The molecule has 136 valence electrons. The third kappa shape index (κ3) is 6.95. The first kappa shape index (κ1) is 19.0. The molecule has 25 heavy (non-hydrogen) atoms. The van der Waals surface area contributed by atoms with Crippen LogP contribution in [0.5, 0.6) is 0 Å². The number of Topliss-reactive ketones (excluding diaryl/α,β-unsaturated/α-hetero) is 1. The molecule has 0 unspecified atom stereocenters. The molecule has 0 aromatic heterocycles. The van der Waals surface area contributed by atoms with Crippen LogP contribution in [0.3, 0.4) is 0 Å². The van der Waals surface area contributed by atoms with Gasteiger partial charge in [0.15, 0.2) is 5.78 Å². The topological polar surface area (TPSA) is 87.3 Å². The lowest BCUT2D eigenvalue weighted by atomic mass is 9.96. The van der Waals surface area contributed by atoms with Crippen molar-refractivity contribution in [2.75, 3.05) is 11.9 Å². The first-order valence-corrected chi connectivity index (χ1v) is 9.00. The predicted octanol–water partition coefficient (Wildman–Crippen LogP) is 3.24. The molecule has 0 atom stereocenters. The fourth-order valence-corrected chi connectivity index (χ4v) is 2.95. The van der Waals surface area contributed by atoms with Gasteiger partial charge < -0.3 is 16.0 Å². The van der Waals surface area contributed by atoms with E-state index >= 15 is 0 Å². The molecule has 6 heteroatoms. The fraction of sp³-hybridized carbons (Fsp3) is 0.526. The van der Waals surface area contributed by atoms with E-state index in [0.717, 1.165) is 12.8 Å². The maximum Gasteiger partial charge on any atom is 0.315 e. The Morgan fingerprint density at radius 3 is 2.36 bits per heavy atom. The van der Waals surface area contributed by atoms with Gasteiger partial charge in [0, 0.05) is 30.3 Å². The molecule has 1 aromatic rings. The molecule has 0 heterocycles. The largest absolute Gasteiger partial charge is 0.338 e. The number of carbonyl (C=O) groups is 3. The van der Waals surface area contributed by atoms with Gasteiger partial charge in [-0.1, -0.05) is 19.3 Å². The van der Waals surface area contributed by atoms with E-state index in [4.69, 9.17) is 0 Å². The Kier molecular flexibility index (Phi) is 7.44. The first-order valence-electron chi connectivity index (χ1n) is 9.00. The van der Waals surface area contributed by atoms with Crippen molar-refractivity contribution in [3.63, 3.8) is 0 Å². The van der Waals surface area contributed by atoms with Crippen molar-refractivity contribution in [2.45, 2.75) is 57.9 Å². The van der Waals surface area contributed by atoms with Crippen LogP contribution in [-0.2, 0) is 4.79 Å². The summed E-state index contributed by atoms with van der Waals surface area (Å²) in [7, 11) is 0. The van der Waals surface area contributed by atoms with E-state index in [0.29, 0.717) is 30.6 Å². The average Bonchev–Trinajstić information content (AvgIpc) is 2.60. The Morgan fingerprint density at radius 2 is 1.72 bits per heavy atom. The van der Waals surface area contributed by atoms with Gasteiger partial charge >= 0.3 is 6.03 Å². The van der Waals surface area contributed by atoms with Crippen LogP contribution in [0.25, 0.3) is 0 Å². The third-order valence-corrected chi connectivity index (χ3v) is 4.38. The van der Waals surface area contributed by atoms with Crippen molar-refractivity contribution in [2.24, 2.45) is 0 Å². The molecular formula is C19H27N3O3. The Bertz CT molecular complexity index is 592. The molecule has 1 saturated carbocycles. The normalized spacial score (nSPS) is 14.6. The van der Waals surface area contributed by atoms with Gasteiger partial charge in [0.25, 0.3) is 0 Å². The SMILES string of the molecule is CC(=O)c1ccc(NC(=O)CCCNC(=O)NC2CCCCC2)cc1. The highest BCUT2D eigenvalue weighted by atomic mass is 16.2. The number of benzene rings is 1. The number of carbonyl (C=O) groups excluding carboxylic acids is 3. The summed E-state index contributed by atoms with van der Waals surface area (Å²) < 4.78 is 0. The number of ketones is 1. The van der Waals surface area contributed by atoms with Gasteiger partial charge in [0.2, 0.25) is 5.91 Å². The lowest BCUT2D eigenvalue weighted by Crippen LogP contribution is -2.43. The number of hydrogen-bond donors (Lipinski definition) is 3. The third-order valence-electron chi connectivity index (χ3n) is 4.38. The minimum atomic E-state index is -0.146. The van der Waals surface area contributed by atoms with Crippen molar-refractivity contribution in [3.05, 3.63) is 29.8 Å². The van der Waals surface area contributed by atoms with E-state index in [9.17, 15) is 14.4 Å². The molecule has 0 aliphatic heterocycles. The Morgan fingerprint density at radius 1 is 1.04 bits per heavy atom. The van der Waals surface area contributed by atoms with Crippen molar-refractivity contribution >= 4 is 23.4 Å². The smallest absolute Gasteiger partial charge is 0.315 e. The van der Waals surface area contributed by atoms with Gasteiger partial charge in [0.05, 0.1) is 0 Å². The number of urea groups is 1. The van der Waals surface area contributed by atoms with E-state index in [2.05, 4.69) is 16.0 Å². The van der Waals surface area contributed by atoms with Gasteiger partial charge in [-0.15, -0.1) is 0 Å². The molecular weight excluding hydrogens is 318 g/mol. The maximum atomic E-state index is 11.9. The van der Waals surface area contributed by atoms with Crippen LogP contribution in [0.4, 0.5) is 10.5 Å². The van der Waals surface area contributed by atoms with Crippen molar-refractivity contribution < 1.29 is 14.4 Å². The van der Waals surface area contributed by atoms with E-state index in [1.807, 2.05) is 0 Å². The minimum absolute atomic E-state index is 0.00421. The lowest BCUT2D eigenvalue weighted by Gasteiger charge is -2.22. The number of nitrogens with one attached hydrogen (secondary N) is 3. The minimum Gasteiger partial charge on any atom is -0.338 e. The quantitative estimate of drug-likeness (QED) is 0.524. The summed E-state index contributed by atoms with van der Waals surface area (Å²) in [5, 5.41) is 8.57. The second kappa shape index (κ2) is 9.81. The highest BCUT2D eigenvalue weighted by Gasteiger charge is 2.15. The number of hydrogen-bond acceptors (Lipinski definition) is 3. The van der Waals surface area contributed by atoms with Gasteiger partial charge in [0.1, 0.15) is 0 Å². The zero-order valence-electron chi connectivity index (χ0n) is 14.8. The van der Waals surface area contributed by atoms with Gasteiger partial charge in [-0.25, -0.2) is 4.79 Å². The highest BCUT2D eigenvalue weighted by molar-refractivity contribution is 5.95. The van der Waals surface area contributed by atoms with E-state index in [-0.39, 0.29) is 23.8 Å². The predicted molar refractivity (Wildman–Crippen MR) is 97.7 cm³/mol. The molecule has 6 nitrogen and oxygen atoms in total. The van der Waals surface area contributed by atoms with E-state index in [1.54, 1.807) is 24.3 Å². The summed E-state index contributed by atoms with van der Waals surface area (Å²) in [6, 6.07) is 6.95. The number of amides is 3. The van der Waals surface area contributed by atoms with Gasteiger partial charge in [-0.2, -0.15) is 0 Å². The van der Waals surface area contributed by atoms with Crippen LogP contribution >= 0.6 is 0 Å². The van der Waals surface area contributed by atoms with Crippen LogP contribution in [0, 0.1) is 0 Å². The van der Waals surface area contributed by atoms with Crippen LogP contribution < -0.4 is 16.0 Å². The molecule has 0 spiro atoms. The van der Waals surface area contributed by atoms with Gasteiger partial charge in [-0.05, 0) is 50.5 Å². The standard InChI is InChI=1S/C19H27N3O3/c1-14(23)15-9-11-17(12-10-15)21-18(24)8-5-13-20-19(25)22-16-6-3-2-4-7-16/h9-12,16H,2-8,13H2,1H3,(H,21,24)(H2,20,22,25). The summed E-state index contributed by atoms with van der Waals surface area (Å²) >= 11 is 0. The van der Waals surface area contributed by atoms with E-state index < -0.39 is 0 Å². The molecule has 2 rings (SSSR count). The molecule has 1 aliphatic rings. The molecule has 0 bridgehead atoms. The van der Waals surface area contributed by atoms with Crippen LogP contribution in [-0.4, -0.2) is 30.3 Å². The summed E-state index contributed by atoms with van der Waals surface area (Å²) in [6.07, 6.45) is 6.63. The highest BCUT2D eigenvalue weighted by Crippen LogP contribution is 2.17.